The van der Waals surface area contributed by atoms with Gasteiger partial charge in [-0.25, -0.2) is 13.4 Å². The molecule has 0 atom stereocenters. The summed E-state index contributed by atoms with van der Waals surface area (Å²) in [7, 11) is -1.76. The van der Waals surface area contributed by atoms with E-state index in [0.29, 0.717) is 12.4 Å². The van der Waals surface area contributed by atoms with Crippen molar-refractivity contribution in [2.75, 3.05) is 18.9 Å². The van der Waals surface area contributed by atoms with Gasteiger partial charge in [0.25, 0.3) is 0 Å². The fourth-order valence-electron chi connectivity index (χ4n) is 2.09. The Kier molecular flexibility index (Phi) is 4.42. The van der Waals surface area contributed by atoms with Crippen molar-refractivity contribution in [1.82, 2.24) is 9.29 Å². The number of sulfonamides is 1. The Morgan fingerprint density at radius 2 is 2.21 bits per heavy atom. The normalized spacial score (nSPS) is 15.7. The Bertz CT molecular complexity index is 526. The SMILES string of the molecule is CCCCN(C1CC1)S(=O)(=O)c1cccnc1NC. The van der Waals surface area contributed by atoms with Crippen LogP contribution in [0.1, 0.15) is 32.6 Å². The van der Waals surface area contributed by atoms with Gasteiger partial charge in [-0.05, 0) is 31.4 Å². The summed E-state index contributed by atoms with van der Waals surface area (Å²) >= 11 is 0. The van der Waals surface area contributed by atoms with Crippen LogP contribution in [0.2, 0.25) is 0 Å². The van der Waals surface area contributed by atoms with Crippen LogP contribution < -0.4 is 5.32 Å². The van der Waals surface area contributed by atoms with Gasteiger partial charge in [0.15, 0.2) is 0 Å². The molecule has 0 radical (unpaired) electrons. The third-order valence-electron chi connectivity index (χ3n) is 3.28. The van der Waals surface area contributed by atoms with Gasteiger partial charge >= 0.3 is 0 Å². The van der Waals surface area contributed by atoms with Gasteiger partial charge in [-0.3, -0.25) is 0 Å². The Balaban J connectivity index is 2.33. The Morgan fingerprint density at radius 1 is 1.47 bits per heavy atom. The van der Waals surface area contributed by atoms with Crippen molar-refractivity contribution in [3.05, 3.63) is 18.3 Å². The predicted molar refractivity (Wildman–Crippen MR) is 75.6 cm³/mol. The number of anilines is 1. The van der Waals surface area contributed by atoms with Gasteiger partial charge in [0.05, 0.1) is 0 Å². The summed E-state index contributed by atoms with van der Waals surface area (Å²) in [5.41, 5.74) is 0. The van der Waals surface area contributed by atoms with E-state index in [4.69, 9.17) is 0 Å². The Labute approximate surface area is 115 Å². The highest BCUT2D eigenvalue weighted by molar-refractivity contribution is 7.89. The lowest BCUT2D eigenvalue weighted by atomic mass is 10.3. The lowest BCUT2D eigenvalue weighted by Crippen LogP contribution is -2.34. The third kappa shape index (κ3) is 3.06. The molecule has 0 bridgehead atoms. The minimum Gasteiger partial charge on any atom is -0.372 e. The summed E-state index contributed by atoms with van der Waals surface area (Å²) in [4.78, 5) is 4.37. The second-order valence-electron chi connectivity index (χ2n) is 4.80. The molecule has 106 valence electrons. The van der Waals surface area contributed by atoms with Gasteiger partial charge in [0.1, 0.15) is 10.7 Å². The Hall–Kier alpha value is -1.14. The number of unbranched alkanes of at least 4 members (excludes halogenated alkanes) is 1. The Morgan fingerprint density at radius 3 is 2.79 bits per heavy atom. The van der Waals surface area contributed by atoms with Crippen LogP contribution in [0.15, 0.2) is 23.2 Å². The van der Waals surface area contributed by atoms with Crippen molar-refractivity contribution in [3.8, 4) is 0 Å². The first kappa shape index (κ1) is 14.3. The van der Waals surface area contributed by atoms with Gasteiger partial charge in [-0.15, -0.1) is 0 Å². The van der Waals surface area contributed by atoms with E-state index in [9.17, 15) is 8.42 Å². The fraction of sp³-hybridized carbons (Fsp3) is 0.615. The highest BCUT2D eigenvalue weighted by atomic mass is 32.2. The lowest BCUT2D eigenvalue weighted by Gasteiger charge is -2.22. The van der Waals surface area contributed by atoms with Crippen LogP contribution in [0.5, 0.6) is 0 Å². The van der Waals surface area contributed by atoms with E-state index in [2.05, 4.69) is 17.2 Å². The first-order valence-corrected chi connectivity index (χ1v) is 8.20. The molecule has 0 aromatic carbocycles. The largest absolute Gasteiger partial charge is 0.372 e. The lowest BCUT2D eigenvalue weighted by molar-refractivity contribution is 0.396. The smallest absolute Gasteiger partial charge is 0.246 e. The summed E-state index contributed by atoms with van der Waals surface area (Å²) in [6.45, 7) is 2.67. The summed E-state index contributed by atoms with van der Waals surface area (Å²) in [5.74, 6) is 0.421. The number of nitrogens with zero attached hydrogens (tertiary/aromatic N) is 2. The van der Waals surface area contributed by atoms with E-state index < -0.39 is 10.0 Å². The number of rotatable bonds is 7. The van der Waals surface area contributed by atoms with Crippen LogP contribution in [0.3, 0.4) is 0 Å². The van der Waals surface area contributed by atoms with Gasteiger partial charge in [0, 0.05) is 25.8 Å². The molecule has 0 unspecified atom stereocenters. The minimum atomic E-state index is -3.44. The average Bonchev–Trinajstić information content (AvgIpc) is 3.23. The first-order chi connectivity index (χ1) is 9.11. The molecule has 1 heterocycles. The summed E-state index contributed by atoms with van der Waals surface area (Å²) in [5, 5.41) is 2.86. The zero-order chi connectivity index (χ0) is 13.9. The van der Waals surface area contributed by atoms with Crippen molar-refractivity contribution in [2.45, 2.75) is 43.5 Å². The van der Waals surface area contributed by atoms with Crippen molar-refractivity contribution in [3.63, 3.8) is 0 Å². The van der Waals surface area contributed by atoms with Crippen LogP contribution in [0.4, 0.5) is 5.82 Å². The summed E-state index contributed by atoms with van der Waals surface area (Å²) in [6.07, 6.45) is 5.42. The molecule has 6 heteroatoms. The molecule has 1 saturated carbocycles. The standard InChI is InChI=1S/C13H21N3O2S/c1-3-4-10-16(11-7-8-11)19(17,18)12-6-5-9-15-13(12)14-2/h5-6,9,11H,3-4,7-8,10H2,1-2H3,(H,14,15). The zero-order valence-electron chi connectivity index (χ0n) is 11.5. The molecule has 0 amide bonds. The van der Waals surface area contributed by atoms with Crippen LogP contribution in [0, 0.1) is 0 Å². The van der Waals surface area contributed by atoms with E-state index in [-0.39, 0.29) is 10.9 Å². The predicted octanol–water partition coefficient (Wildman–Crippen LogP) is 2.08. The summed E-state index contributed by atoms with van der Waals surface area (Å²) < 4.78 is 27.1. The van der Waals surface area contributed by atoms with Gasteiger partial charge in [0.2, 0.25) is 10.0 Å². The fourth-order valence-corrected chi connectivity index (χ4v) is 3.96. The van der Waals surface area contributed by atoms with Crippen molar-refractivity contribution >= 4 is 15.8 Å². The molecule has 1 fully saturated rings. The molecule has 0 aliphatic heterocycles. The summed E-state index contributed by atoms with van der Waals surface area (Å²) in [6, 6.07) is 3.47. The van der Waals surface area contributed by atoms with Crippen molar-refractivity contribution < 1.29 is 8.42 Å². The second kappa shape index (κ2) is 5.88. The van der Waals surface area contributed by atoms with Crippen molar-refractivity contribution in [2.24, 2.45) is 0 Å². The number of pyridine rings is 1. The highest BCUT2D eigenvalue weighted by Gasteiger charge is 2.38. The molecule has 0 spiro atoms. The van der Waals surface area contributed by atoms with E-state index in [1.807, 2.05) is 0 Å². The quantitative estimate of drug-likeness (QED) is 0.832. The van der Waals surface area contributed by atoms with Crippen LogP contribution in [-0.4, -0.2) is 37.3 Å². The van der Waals surface area contributed by atoms with Crippen molar-refractivity contribution in [1.29, 1.82) is 0 Å². The first-order valence-electron chi connectivity index (χ1n) is 6.76. The molecule has 1 N–H and O–H groups in total. The minimum absolute atomic E-state index is 0.182. The number of hydrogen-bond acceptors (Lipinski definition) is 4. The van der Waals surface area contributed by atoms with Crippen LogP contribution >= 0.6 is 0 Å². The van der Waals surface area contributed by atoms with E-state index in [1.54, 1.807) is 29.7 Å². The van der Waals surface area contributed by atoms with E-state index in [0.717, 1.165) is 25.7 Å². The average molecular weight is 283 g/mol. The maximum atomic E-state index is 12.7. The monoisotopic (exact) mass is 283 g/mol. The van der Waals surface area contributed by atoms with Gasteiger partial charge in [-0.1, -0.05) is 13.3 Å². The maximum Gasteiger partial charge on any atom is 0.246 e. The molecule has 19 heavy (non-hydrogen) atoms. The molecule has 0 saturated heterocycles. The molecule has 1 aromatic heterocycles. The number of nitrogens with one attached hydrogen (secondary N) is 1. The maximum absolute atomic E-state index is 12.7. The van der Waals surface area contributed by atoms with Gasteiger partial charge < -0.3 is 5.32 Å². The van der Waals surface area contributed by atoms with E-state index in [1.165, 1.54) is 0 Å². The zero-order valence-corrected chi connectivity index (χ0v) is 12.3. The van der Waals surface area contributed by atoms with Crippen LogP contribution in [0.25, 0.3) is 0 Å². The molecular weight excluding hydrogens is 262 g/mol. The van der Waals surface area contributed by atoms with Crippen LogP contribution in [-0.2, 0) is 10.0 Å². The molecule has 1 aliphatic carbocycles. The topological polar surface area (TPSA) is 62.3 Å². The highest BCUT2D eigenvalue weighted by Crippen LogP contribution is 2.33. The van der Waals surface area contributed by atoms with Gasteiger partial charge in [-0.2, -0.15) is 4.31 Å². The van der Waals surface area contributed by atoms with E-state index >= 15 is 0 Å². The molecule has 1 aliphatic rings. The molecular formula is C13H21N3O2S. The third-order valence-corrected chi connectivity index (χ3v) is 5.26. The molecule has 2 rings (SSSR count). The number of hydrogen-bond donors (Lipinski definition) is 1. The molecule has 1 aromatic rings. The number of aromatic nitrogens is 1. The second-order valence-corrected chi connectivity index (χ2v) is 6.66. The molecule has 5 nitrogen and oxygen atoms in total.